The number of piperidine rings is 1. The van der Waals surface area contributed by atoms with Crippen molar-refractivity contribution in [1.29, 1.82) is 0 Å². The highest BCUT2D eigenvalue weighted by Crippen LogP contribution is 2.23. The fourth-order valence-corrected chi connectivity index (χ4v) is 3.12. The van der Waals surface area contributed by atoms with E-state index in [9.17, 15) is 9.59 Å². The Morgan fingerprint density at radius 1 is 1.38 bits per heavy atom. The van der Waals surface area contributed by atoms with Crippen LogP contribution in [0.4, 0.5) is 5.69 Å². The average molecular weight is 329 g/mol. The molecule has 0 radical (unpaired) electrons. The summed E-state index contributed by atoms with van der Waals surface area (Å²) in [5, 5.41) is 2.94. The van der Waals surface area contributed by atoms with Gasteiger partial charge in [-0.1, -0.05) is 13.8 Å². The highest BCUT2D eigenvalue weighted by molar-refractivity contribution is 5.94. The summed E-state index contributed by atoms with van der Waals surface area (Å²) in [5.74, 6) is 0.465. The Morgan fingerprint density at radius 2 is 2.17 bits per heavy atom. The molecule has 1 aliphatic rings. The van der Waals surface area contributed by atoms with Crippen molar-refractivity contribution in [1.82, 2.24) is 9.88 Å². The number of fused-ring (bicyclic) bond motifs is 1. The summed E-state index contributed by atoms with van der Waals surface area (Å²) in [6.07, 6.45) is 1.66. The number of amides is 2. The van der Waals surface area contributed by atoms with Gasteiger partial charge in [-0.15, -0.1) is 0 Å². The van der Waals surface area contributed by atoms with Gasteiger partial charge in [0, 0.05) is 31.6 Å². The maximum Gasteiger partial charge on any atom is 0.229 e. The number of nitrogens with one attached hydrogen (secondary N) is 1. The third-order valence-electron chi connectivity index (χ3n) is 4.36. The molecule has 1 unspecified atom stereocenters. The second-order valence-corrected chi connectivity index (χ2v) is 6.68. The van der Waals surface area contributed by atoms with Crippen LogP contribution in [0.15, 0.2) is 22.6 Å². The fraction of sp³-hybridized carbons (Fsp3) is 0.500. The number of oxazole rings is 1. The number of likely N-dealkylation sites (tertiary alicyclic amines) is 1. The number of benzene rings is 1. The zero-order chi connectivity index (χ0) is 17.3. The van der Waals surface area contributed by atoms with Crippen LogP contribution in [0, 0.1) is 18.8 Å². The van der Waals surface area contributed by atoms with Gasteiger partial charge in [0.25, 0.3) is 0 Å². The molecule has 1 atom stereocenters. The van der Waals surface area contributed by atoms with Crippen molar-refractivity contribution in [2.45, 2.75) is 33.6 Å². The first-order valence-electron chi connectivity index (χ1n) is 8.41. The molecule has 1 N–H and O–H groups in total. The number of rotatable bonds is 3. The summed E-state index contributed by atoms with van der Waals surface area (Å²) in [6.45, 7) is 6.81. The van der Waals surface area contributed by atoms with Crippen LogP contribution < -0.4 is 5.32 Å². The van der Waals surface area contributed by atoms with E-state index in [1.807, 2.05) is 30.9 Å². The largest absolute Gasteiger partial charge is 0.441 e. The second kappa shape index (κ2) is 6.63. The van der Waals surface area contributed by atoms with Crippen LogP contribution in [0.3, 0.4) is 0 Å². The predicted octanol–water partition coefficient (Wildman–Crippen LogP) is 2.97. The molecule has 6 nitrogen and oxygen atoms in total. The number of hydrogen-bond donors (Lipinski definition) is 1. The smallest absolute Gasteiger partial charge is 0.229 e. The number of aryl methyl sites for hydroxylation is 1. The summed E-state index contributed by atoms with van der Waals surface area (Å²) >= 11 is 0. The van der Waals surface area contributed by atoms with Gasteiger partial charge in [0.15, 0.2) is 11.5 Å². The Hall–Kier alpha value is -2.37. The van der Waals surface area contributed by atoms with Gasteiger partial charge in [-0.2, -0.15) is 0 Å². The van der Waals surface area contributed by atoms with Gasteiger partial charge in [0.2, 0.25) is 11.8 Å². The topological polar surface area (TPSA) is 75.4 Å². The van der Waals surface area contributed by atoms with E-state index in [4.69, 9.17) is 4.42 Å². The average Bonchev–Trinajstić information content (AvgIpc) is 2.93. The zero-order valence-corrected chi connectivity index (χ0v) is 14.3. The number of carbonyl (C=O) groups is 2. The Bertz CT molecular complexity index is 766. The molecule has 1 aliphatic heterocycles. The van der Waals surface area contributed by atoms with E-state index in [-0.39, 0.29) is 23.7 Å². The van der Waals surface area contributed by atoms with Gasteiger partial charge in [0.05, 0.1) is 5.92 Å². The molecule has 128 valence electrons. The molecular weight excluding hydrogens is 306 g/mol. The molecule has 24 heavy (non-hydrogen) atoms. The summed E-state index contributed by atoms with van der Waals surface area (Å²) in [6, 6.07) is 5.43. The Labute approximate surface area is 141 Å². The minimum atomic E-state index is -0.170. The molecule has 0 spiro atoms. The molecule has 2 aromatic rings. The van der Waals surface area contributed by atoms with Crippen LogP contribution in [-0.2, 0) is 9.59 Å². The monoisotopic (exact) mass is 329 g/mol. The van der Waals surface area contributed by atoms with Gasteiger partial charge in [-0.25, -0.2) is 4.98 Å². The van der Waals surface area contributed by atoms with Crippen LogP contribution >= 0.6 is 0 Å². The van der Waals surface area contributed by atoms with Gasteiger partial charge in [-0.3, -0.25) is 9.59 Å². The lowest BCUT2D eigenvalue weighted by molar-refractivity contribution is -0.137. The molecule has 0 aliphatic carbocycles. The normalized spacial score (nSPS) is 18.2. The first kappa shape index (κ1) is 16.5. The number of aromatic nitrogens is 1. The minimum absolute atomic E-state index is 0.0374. The molecule has 1 aromatic heterocycles. The molecule has 1 aromatic carbocycles. The first-order valence-corrected chi connectivity index (χ1v) is 8.41. The molecule has 3 rings (SSSR count). The van der Waals surface area contributed by atoms with Crippen LogP contribution in [0.1, 0.15) is 32.6 Å². The Kier molecular flexibility index (Phi) is 4.55. The van der Waals surface area contributed by atoms with Crippen LogP contribution in [0.25, 0.3) is 11.1 Å². The molecule has 2 heterocycles. The zero-order valence-electron chi connectivity index (χ0n) is 14.3. The lowest BCUT2D eigenvalue weighted by atomic mass is 9.96. The first-order chi connectivity index (χ1) is 11.4. The molecule has 0 saturated carbocycles. The van der Waals surface area contributed by atoms with E-state index in [0.29, 0.717) is 23.7 Å². The highest BCUT2D eigenvalue weighted by Gasteiger charge is 2.29. The summed E-state index contributed by atoms with van der Waals surface area (Å²) in [7, 11) is 0. The predicted molar refractivity (Wildman–Crippen MR) is 91.5 cm³/mol. The summed E-state index contributed by atoms with van der Waals surface area (Å²) < 4.78 is 5.44. The van der Waals surface area contributed by atoms with Crippen molar-refractivity contribution < 1.29 is 14.0 Å². The van der Waals surface area contributed by atoms with Gasteiger partial charge in [-0.05, 0) is 31.0 Å². The third-order valence-corrected chi connectivity index (χ3v) is 4.36. The van der Waals surface area contributed by atoms with Gasteiger partial charge >= 0.3 is 0 Å². The van der Waals surface area contributed by atoms with Crippen molar-refractivity contribution >= 4 is 28.6 Å². The number of hydrogen-bond acceptors (Lipinski definition) is 4. The van der Waals surface area contributed by atoms with Crippen molar-refractivity contribution in [2.75, 3.05) is 18.4 Å². The van der Waals surface area contributed by atoms with Gasteiger partial charge < -0.3 is 14.6 Å². The summed E-state index contributed by atoms with van der Waals surface area (Å²) in [4.78, 5) is 30.8. The maximum atomic E-state index is 12.6. The highest BCUT2D eigenvalue weighted by atomic mass is 16.3. The van der Waals surface area contributed by atoms with E-state index in [1.165, 1.54) is 0 Å². The lowest BCUT2D eigenvalue weighted by Gasteiger charge is -2.33. The number of nitrogens with zero attached hydrogens (tertiary/aromatic N) is 2. The molecule has 2 amide bonds. The Morgan fingerprint density at radius 3 is 2.92 bits per heavy atom. The number of anilines is 1. The van der Waals surface area contributed by atoms with Crippen molar-refractivity contribution in [3.8, 4) is 0 Å². The quantitative estimate of drug-likeness (QED) is 0.939. The van der Waals surface area contributed by atoms with Crippen LogP contribution in [0.2, 0.25) is 0 Å². The van der Waals surface area contributed by atoms with Crippen LogP contribution in [-0.4, -0.2) is 34.8 Å². The SMILES string of the molecule is Cc1nc2cc(NC(=O)C3CCCN(C(=O)C(C)C)C3)ccc2o1. The molecule has 6 heteroatoms. The van der Waals surface area contributed by atoms with Crippen molar-refractivity contribution in [2.24, 2.45) is 11.8 Å². The minimum Gasteiger partial charge on any atom is -0.441 e. The number of carbonyl (C=O) groups excluding carboxylic acids is 2. The molecule has 1 fully saturated rings. The van der Waals surface area contributed by atoms with E-state index >= 15 is 0 Å². The third kappa shape index (κ3) is 3.42. The van der Waals surface area contributed by atoms with E-state index in [2.05, 4.69) is 10.3 Å². The second-order valence-electron chi connectivity index (χ2n) is 6.68. The lowest BCUT2D eigenvalue weighted by Crippen LogP contribution is -2.45. The molecular formula is C18H23N3O3. The molecule has 1 saturated heterocycles. The van der Waals surface area contributed by atoms with E-state index < -0.39 is 0 Å². The van der Waals surface area contributed by atoms with Crippen molar-refractivity contribution in [3.05, 3.63) is 24.1 Å². The van der Waals surface area contributed by atoms with E-state index in [1.54, 1.807) is 13.0 Å². The fourth-order valence-electron chi connectivity index (χ4n) is 3.12. The summed E-state index contributed by atoms with van der Waals surface area (Å²) in [5.41, 5.74) is 2.13. The van der Waals surface area contributed by atoms with E-state index in [0.717, 1.165) is 24.9 Å². The van der Waals surface area contributed by atoms with Crippen LogP contribution in [0.5, 0.6) is 0 Å². The maximum absolute atomic E-state index is 12.6. The van der Waals surface area contributed by atoms with Crippen molar-refractivity contribution in [3.63, 3.8) is 0 Å². The Balaban J connectivity index is 1.67. The molecule has 0 bridgehead atoms. The van der Waals surface area contributed by atoms with Gasteiger partial charge in [0.1, 0.15) is 5.52 Å². The standard InChI is InChI=1S/C18H23N3O3/c1-11(2)18(23)21-8-4-5-13(10-21)17(22)20-14-6-7-16-15(9-14)19-12(3)24-16/h6-7,9,11,13H,4-5,8,10H2,1-3H3,(H,20,22).